The molecule has 0 atom stereocenters. The van der Waals surface area contributed by atoms with Crippen LogP contribution in [0.4, 0.5) is 20.3 Å². The van der Waals surface area contributed by atoms with E-state index in [1.54, 1.807) is 24.3 Å². The number of benzene rings is 1. The monoisotopic (exact) mass is 311 g/mol. The van der Waals surface area contributed by atoms with E-state index in [1.807, 2.05) is 6.07 Å². The van der Waals surface area contributed by atoms with Crippen LogP contribution < -0.4 is 5.32 Å². The summed E-state index contributed by atoms with van der Waals surface area (Å²) in [4.78, 5) is 4.39. The average molecular weight is 312 g/mol. The highest BCUT2D eigenvalue weighted by Crippen LogP contribution is 2.34. The highest BCUT2D eigenvalue weighted by atomic mass is 35.5. The summed E-state index contributed by atoms with van der Waals surface area (Å²) in [7, 11) is 0. The van der Waals surface area contributed by atoms with Gasteiger partial charge in [-0.2, -0.15) is 14.0 Å². The number of nitriles is 1. The van der Waals surface area contributed by atoms with Crippen LogP contribution in [-0.2, 0) is 0 Å². The molecule has 0 aliphatic heterocycles. The minimum absolute atomic E-state index is 0.159. The van der Waals surface area contributed by atoms with Crippen molar-refractivity contribution in [3.8, 4) is 6.07 Å². The van der Waals surface area contributed by atoms with Crippen molar-refractivity contribution in [3.05, 3.63) is 47.1 Å². The van der Waals surface area contributed by atoms with Crippen LogP contribution >= 0.6 is 23.4 Å². The first-order chi connectivity index (χ1) is 9.61. The van der Waals surface area contributed by atoms with E-state index in [2.05, 4.69) is 10.3 Å². The van der Waals surface area contributed by atoms with Crippen molar-refractivity contribution >= 4 is 34.9 Å². The van der Waals surface area contributed by atoms with Crippen molar-refractivity contribution in [3.63, 3.8) is 0 Å². The van der Waals surface area contributed by atoms with Crippen molar-refractivity contribution in [1.82, 2.24) is 4.98 Å². The number of pyridine rings is 1. The van der Waals surface area contributed by atoms with Crippen LogP contribution in [0.3, 0.4) is 0 Å². The van der Waals surface area contributed by atoms with Crippen LogP contribution in [0.15, 0.2) is 41.4 Å². The highest BCUT2D eigenvalue weighted by molar-refractivity contribution is 7.99. The van der Waals surface area contributed by atoms with Gasteiger partial charge in [0.25, 0.3) is 5.76 Å². The Morgan fingerprint density at radius 3 is 2.75 bits per heavy atom. The van der Waals surface area contributed by atoms with E-state index in [1.165, 1.54) is 12.3 Å². The lowest BCUT2D eigenvalue weighted by Crippen LogP contribution is -1.98. The molecule has 0 saturated heterocycles. The van der Waals surface area contributed by atoms with Gasteiger partial charge >= 0.3 is 0 Å². The lowest BCUT2D eigenvalue weighted by atomic mass is 10.2. The fraction of sp³-hybridized carbons (Fsp3) is 0.0769. The van der Waals surface area contributed by atoms with E-state index in [0.29, 0.717) is 22.3 Å². The number of anilines is 2. The third-order valence-electron chi connectivity index (χ3n) is 2.37. The summed E-state index contributed by atoms with van der Waals surface area (Å²) in [5.41, 5.74) is 0.727. The molecule has 1 heterocycles. The largest absolute Gasteiger partial charge is 0.338 e. The summed E-state index contributed by atoms with van der Waals surface area (Å²) in [6.45, 7) is 0. The second kappa shape index (κ2) is 6.55. The van der Waals surface area contributed by atoms with Gasteiger partial charge < -0.3 is 5.32 Å². The van der Waals surface area contributed by atoms with Crippen LogP contribution in [0.25, 0.3) is 0 Å². The number of nitrogens with one attached hydrogen (secondary N) is 1. The lowest BCUT2D eigenvalue weighted by molar-refractivity contribution is 0.252. The summed E-state index contributed by atoms with van der Waals surface area (Å²) in [5.74, 6) is -2.26. The van der Waals surface area contributed by atoms with E-state index in [4.69, 9.17) is 16.9 Å². The van der Waals surface area contributed by atoms with E-state index in [9.17, 15) is 8.78 Å². The van der Waals surface area contributed by atoms with E-state index in [0.717, 1.165) is 0 Å². The number of aromatic nitrogens is 1. The number of hydrogen-bond donors (Lipinski definition) is 1. The topological polar surface area (TPSA) is 48.7 Å². The average Bonchev–Trinajstić information content (AvgIpc) is 2.42. The van der Waals surface area contributed by atoms with Gasteiger partial charge in [0.05, 0.1) is 11.3 Å². The number of thioether (sulfide) groups is 1. The Morgan fingerprint density at radius 2 is 2.05 bits per heavy atom. The number of para-hydroxylation sites is 1. The van der Waals surface area contributed by atoms with Gasteiger partial charge in [-0.3, -0.25) is 0 Å². The zero-order valence-electron chi connectivity index (χ0n) is 9.98. The number of nitrogens with zero attached hydrogens (tertiary/aromatic N) is 2. The number of rotatable bonds is 4. The summed E-state index contributed by atoms with van der Waals surface area (Å²) < 4.78 is 25.0. The summed E-state index contributed by atoms with van der Waals surface area (Å²) >= 11 is 6.44. The van der Waals surface area contributed by atoms with Crippen LogP contribution in [0.5, 0.6) is 0 Å². The van der Waals surface area contributed by atoms with Gasteiger partial charge in [-0.25, -0.2) is 4.98 Å². The van der Waals surface area contributed by atoms with Crippen molar-refractivity contribution in [2.45, 2.75) is 10.7 Å². The molecule has 1 aromatic carbocycles. The highest BCUT2D eigenvalue weighted by Gasteiger charge is 2.12. The quantitative estimate of drug-likeness (QED) is 0.834. The lowest BCUT2D eigenvalue weighted by Gasteiger charge is -2.12. The zero-order chi connectivity index (χ0) is 14.5. The molecule has 2 rings (SSSR count). The van der Waals surface area contributed by atoms with E-state index in [-0.39, 0.29) is 16.4 Å². The Bertz CT molecular complexity index is 658. The first-order valence-corrected chi connectivity index (χ1v) is 6.73. The molecule has 0 spiro atoms. The minimum Gasteiger partial charge on any atom is -0.338 e. The molecule has 7 heteroatoms. The molecule has 20 heavy (non-hydrogen) atoms. The molecule has 3 nitrogen and oxygen atoms in total. The Morgan fingerprint density at radius 1 is 1.30 bits per heavy atom. The molecular weight excluding hydrogens is 304 g/mol. The molecule has 0 aliphatic carbocycles. The molecule has 0 amide bonds. The minimum atomic E-state index is -2.52. The SMILES string of the molecule is N#Cc1ccnc(Nc2ccccc2SC(F)F)c1Cl. The van der Waals surface area contributed by atoms with Crippen molar-refractivity contribution in [1.29, 1.82) is 5.26 Å². The number of hydrogen-bond acceptors (Lipinski definition) is 4. The van der Waals surface area contributed by atoms with Gasteiger partial charge in [0.1, 0.15) is 11.1 Å². The molecule has 0 aliphatic rings. The molecule has 1 N–H and O–H groups in total. The third kappa shape index (κ3) is 3.38. The van der Waals surface area contributed by atoms with Crippen LogP contribution in [0.2, 0.25) is 5.02 Å². The molecule has 1 aromatic heterocycles. The first kappa shape index (κ1) is 14.6. The van der Waals surface area contributed by atoms with Gasteiger partial charge in [0, 0.05) is 11.1 Å². The van der Waals surface area contributed by atoms with E-state index < -0.39 is 5.76 Å². The zero-order valence-corrected chi connectivity index (χ0v) is 11.6. The Hall–Kier alpha value is -1.84. The summed E-state index contributed by atoms with van der Waals surface area (Å²) in [6.07, 6.45) is 1.43. The molecule has 0 bridgehead atoms. The predicted octanol–water partition coefficient (Wildman–Crippen LogP) is 4.66. The standard InChI is InChI=1S/C13H8ClF2N3S/c14-11-8(7-17)5-6-18-12(11)19-9-3-1-2-4-10(9)20-13(15)16/h1-6,13H,(H,18,19). The predicted molar refractivity (Wildman–Crippen MR) is 75.5 cm³/mol. The number of halogens is 3. The van der Waals surface area contributed by atoms with Crippen LogP contribution in [0.1, 0.15) is 5.56 Å². The van der Waals surface area contributed by atoms with Crippen LogP contribution in [-0.4, -0.2) is 10.7 Å². The third-order valence-corrected chi connectivity index (χ3v) is 3.54. The van der Waals surface area contributed by atoms with Gasteiger partial charge in [-0.1, -0.05) is 35.5 Å². The maximum absolute atomic E-state index is 12.5. The fourth-order valence-electron chi connectivity index (χ4n) is 1.51. The molecule has 102 valence electrons. The fourth-order valence-corrected chi connectivity index (χ4v) is 2.31. The second-order valence-corrected chi connectivity index (χ2v) is 5.04. The molecule has 0 unspecified atom stereocenters. The van der Waals surface area contributed by atoms with Crippen molar-refractivity contribution < 1.29 is 8.78 Å². The van der Waals surface area contributed by atoms with E-state index >= 15 is 0 Å². The Kier molecular flexibility index (Phi) is 4.77. The van der Waals surface area contributed by atoms with Crippen molar-refractivity contribution in [2.75, 3.05) is 5.32 Å². The molecule has 0 radical (unpaired) electrons. The maximum Gasteiger partial charge on any atom is 0.288 e. The maximum atomic E-state index is 12.5. The molecule has 0 fully saturated rings. The van der Waals surface area contributed by atoms with Crippen LogP contribution in [0, 0.1) is 11.3 Å². The molecule has 2 aromatic rings. The smallest absolute Gasteiger partial charge is 0.288 e. The van der Waals surface area contributed by atoms with Gasteiger partial charge in [-0.05, 0) is 18.2 Å². The van der Waals surface area contributed by atoms with Gasteiger partial charge in [0.2, 0.25) is 0 Å². The van der Waals surface area contributed by atoms with Gasteiger partial charge in [-0.15, -0.1) is 0 Å². The second-order valence-electron chi connectivity index (χ2n) is 3.63. The summed E-state index contributed by atoms with van der Waals surface area (Å²) in [6, 6.07) is 9.99. The number of alkyl halides is 2. The Labute approximate surface area is 123 Å². The normalized spacial score (nSPS) is 10.3. The van der Waals surface area contributed by atoms with Crippen molar-refractivity contribution in [2.24, 2.45) is 0 Å². The molecular formula is C13H8ClF2N3S. The van der Waals surface area contributed by atoms with Gasteiger partial charge in [0.15, 0.2) is 5.82 Å². The molecule has 0 saturated carbocycles. The Balaban J connectivity index is 2.34. The summed E-state index contributed by atoms with van der Waals surface area (Å²) in [5, 5.41) is 11.9. The first-order valence-electron chi connectivity index (χ1n) is 5.47.